The Hall–Kier alpha value is -1.59. The molecule has 5 nitrogen and oxygen atoms in total. The maximum Gasteiger partial charge on any atom is 0.251 e. The Labute approximate surface area is 167 Å². The molecule has 1 saturated heterocycles. The topological polar surface area (TPSA) is 61.4 Å². The van der Waals surface area contributed by atoms with E-state index in [0.29, 0.717) is 23.0 Å². The first-order valence-corrected chi connectivity index (χ1v) is 10.2. The third-order valence-electron chi connectivity index (χ3n) is 5.23. The van der Waals surface area contributed by atoms with Crippen molar-refractivity contribution >= 4 is 23.4 Å². The van der Waals surface area contributed by atoms with E-state index in [4.69, 9.17) is 11.6 Å². The van der Waals surface area contributed by atoms with Crippen LogP contribution in [0, 0.1) is 11.8 Å². The van der Waals surface area contributed by atoms with Gasteiger partial charge in [0.1, 0.15) is 6.04 Å². The predicted octanol–water partition coefficient (Wildman–Crippen LogP) is 3.33. The molecule has 0 radical (unpaired) electrons. The van der Waals surface area contributed by atoms with E-state index in [1.54, 1.807) is 24.3 Å². The first-order valence-electron chi connectivity index (χ1n) is 9.86. The maximum atomic E-state index is 12.7. The van der Waals surface area contributed by atoms with Crippen molar-refractivity contribution in [1.82, 2.24) is 15.5 Å². The SMILES string of the molecule is CC1CCCN(C(C)CNC(=O)C(NC(=O)c2ccc(Cl)cc2)C(C)C)C1. The van der Waals surface area contributed by atoms with Crippen LogP contribution in [0.4, 0.5) is 0 Å². The number of nitrogens with zero attached hydrogens (tertiary/aromatic N) is 1. The molecule has 1 aliphatic heterocycles. The second-order valence-corrected chi connectivity index (χ2v) is 8.47. The van der Waals surface area contributed by atoms with Gasteiger partial charge in [-0.05, 0) is 62.4 Å². The molecular formula is C21H32ClN3O2. The molecule has 27 heavy (non-hydrogen) atoms. The second kappa shape index (κ2) is 10.1. The average Bonchev–Trinajstić information content (AvgIpc) is 2.64. The summed E-state index contributed by atoms with van der Waals surface area (Å²) in [6.07, 6.45) is 2.49. The summed E-state index contributed by atoms with van der Waals surface area (Å²) in [5.41, 5.74) is 0.494. The van der Waals surface area contributed by atoms with Crippen LogP contribution < -0.4 is 10.6 Å². The van der Waals surface area contributed by atoms with Gasteiger partial charge >= 0.3 is 0 Å². The number of carbonyl (C=O) groups is 2. The van der Waals surface area contributed by atoms with Gasteiger partial charge in [-0.1, -0.05) is 32.4 Å². The van der Waals surface area contributed by atoms with Gasteiger partial charge in [0.25, 0.3) is 5.91 Å². The van der Waals surface area contributed by atoms with E-state index in [9.17, 15) is 9.59 Å². The highest BCUT2D eigenvalue weighted by atomic mass is 35.5. The van der Waals surface area contributed by atoms with Crippen LogP contribution in [0.15, 0.2) is 24.3 Å². The number of amides is 2. The number of piperidine rings is 1. The molecule has 0 bridgehead atoms. The van der Waals surface area contributed by atoms with Crippen LogP contribution in [-0.2, 0) is 4.79 Å². The molecule has 0 aromatic heterocycles. The molecule has 0 saturated carbocycles. The quantitative estimate of drug-likeness (QED) is 0.746. The number of benzene rings is 1. The minimum absolute atomic E-state index is 0.00781. The zero-order valence-electron chi connectivity index (χ0n) is 16.8. The smallest absolute Gasteiger partial charge is 0.251 e. The predicted molar refractivity (Wildman–Crippen MR) is 110 cm³/mol. The zero-order chi connectivity index (χ0) is 20.0. The van der Waals surface area contributed by atoms with Crippen LogP contribution in [-0.4, -0.2) is 48.4 Å². The Morgan fingerprint density at radius 1 is 1.22 bits per heavy atom. The number of hydrogen-bond acceptors (Lipinski definition) is 3. The first-order chi connectivity index (χ1) is 12.8. The van der Waals surface area contributed by atoms with E-state index in [1.807, 2.05) is 13.8 Å². The Balaban J connectivity index is 1.90. The van der Waals surface area contributed by atoms with Crippen molar-refractivity contribution in [3.05, 3.63) is 34.9 Å². The molecule has 0 aliphatic carbocycles. The van der Waals surface area contributed by atoms with E-state index in [-0.39, 0.29) is 23.8 Å². The second-order valence-electron chi connectivity index (χ2n) is 8.04. The summed E-state index contributed by atoms with van der Waals surface area (Å²) in [5.74, 6) is 0.299. The fourth-order valence-electron chi connectivity index (χ4n) is 3.47. The van der Waals surface area contributed by atoms with E-state index in [2.05, 4.69) is 29.4 Å². The van der Waals surface area contributed by atoms with Gasteiger partial charge in [-0.3, -0.25) is 14.5 Å². The van der Waals surface area contributed by atoms with Gasteiger partial charge in [-0.15, -0.1) is 0 Å². The van der Waals surface area contributed by atoms with Gasteiger partial charge in [-0.2, -0.15) is 0 Å². The van der Waals surface area contributed by atoms with Crippen LogP contribution in [0.3, 0.4) is 0 Å². The van der Waals surface area contributed by atoms with Crippen LogP contribution in [0.1, 0.15) is 50.9 Å². The number of hydrogen-bond donors (Lipinski definition) is 2. The Morgan fingerprint density at radius 3 is 2.48 bits per heavy atom. The molecule has 2 rings (SSSR count). The monoisotopic (exact) mass is 393 g/mol. The first kappa shape index (κ1) is 21.7. The third-order valence-corrected chi connectivity index (χ3v) is 5.48. The van der Waals surface area contributed by atoms with E-state index >= 15 is 0 Å². The Bertz CT molecular complexity index is 633. The van der Waals surface area contributed by atoms with Crippen LogP contribution in [0.5, 0.6) is 0 Å². The van der Waals surface area contributed by atoms with Crippen molar-refractivity contribution in [3.8, 4) is 0 Å². The van der Waals surface area contributed by atoms with Crippen molar-refractivity contribution in [2.45, 2.75) is 52.6 Å². The Kier molecular flexibility index (Phi) is 8.11. The summed E-state index contributed by atoms with van der Waals surface area (Å²) < 4.78 is 0. The number of nitrogens with one attached hydrogen (secondary N) is 2. The van der Waals surface area contributed by atoms with Crippen molar-refractivity contribution in [3.63, 3.8) is 0 Å². The van der Waals surface area contributed by atoms with Gasteiger partial charge in [0, 0.05) is 29.7 Å². The highest BCUT2D eigenvalue weighted by Gasteiger charge is 2.26. The lowest BCUT2D eigenvalue weighted by Gasteiger charge is -2.36. The number of halogens is 1. The lowest BCUT2D eigenvalue weighted by atomic mass is 9.99. The zero-order valence-corrected chi connectivity index (χ0v) is 17.6. The van der Waals surface area contributed by atoms with Crippen LogP contribution >= 0.6 is 11.6 Å². The van der Waals surface area contributed by atoms with Gasteiger partial charge in [0.2, 0.25) is 5.91 Å². The van der Waals surface area contributed by atoms with Gasteiger partial charge in [-0.25, -0.2) is 0 Å². The van der Waals surface area contributed by atoms with Gasteiger partial charge < -0.3 is 10.6 Å². The van der Waals surface area contributed by atoms with Crippen molar-refractivity contribution in [1.29, 1.82) is 0 Å². The molecule has 1 aromatic rings. The van der Waals surface area contributed by atoms with Gasteiger partial charge in [0.15, 0.2) is 0 Å². The minimum atomic E-state index is -0.569. The molecule has 3 atom stereocenters. The molecule has 1 aromatic carbocycles. The lowest BCUT2D eigenvalue weighted by molar-refractivity contribution is -0.124. The van der Waals surface area contributed by atoms with E-state index in [1.165, 1.54) is 12.8 Å². The molecule has 1 heterocycles. The highest BCUT2D eigenvalue weighted by Crippen LogP contribution is 2.17. The van der Waals surface area contributed by atoms with Crippen molar-refractivity contribution < 1.29 is 9.59 Å². The summed E-state index contributed by atoms with van der Waals surface area (Å²) in [6.45, 7) is 11.0. The van der Waals surface area contributed by atoms with Crippen LogP contribution in [0.25, 0.3) is 0 Å². The van der Waals surface area contributed by atoms with Crippen LogP contribution in [0.2, 0.25) is 5.02 Å². The lowest BCUT2D eigenvalue weighted by Crippen LogP contribution is -2.53. The highest BCUT2D eigenvalue weighted by molar-refractivity contribution is 6.30. The van der Waals surface area contributed by atoms with E-state index in [0.717, 1.165) is 13.1 Å². The fourth-order valence-corrected chi connectivity index (χ4v) is 3.60. The molecular weight excluding hydrogens is 362 g/mol. The standard InChI is InChI=1S/C21H32ClN3O2/c1-14(2)19(24-20(26)17-7-9-18(22)10-8-17)21(27)23-12-16(4)25-11-5-6-15(3)13-25/h7-10,14-16,19H,5-6,11-13H2,1-4H3,(H,23,27)(H,24,26). The third kappa shape index (κ3) is 6.51. The summed E-state index contributed by atoms with van der Waals surface area (Å²) >= 11 is 5.87. The molecule has 2 amide bonds. The average molecular weight is 394 g/mol. The Morgan fingerprint density at radius 2 is 1.89 bits per heavy atom. The van der Waals surface area contributed by atoms with Crippen molar-refractivity contribution in [2.75, 3.05) is 19.6 Å². The molecule has 150 valence electrons. The number of carbonyl (C=O) groups excluding carboxylic acids is 2. The molecule has 1 aliphatic rings. The summed E-state index contributed by atoms with van der Waals surface area (Å²) in [7, 11) is 0. The van der Waals surface area contributed by atoms with Crippen molar-refractivity contribution in [2.24, 2.45) is 11.8 Å². The largest absolute Gasteiger partial charge is 0.353 e. The number of likely N-dealkylation sites (tertiary alicyclic amines) is 1. The minimum Gasteiger partial charge on any atom is -0.353 e. The summed E-state index contributed by atoms with van der Waals surface area (Å²) in [5, 5.41) is 6.45. The number of rotatable bonds is 7. The molecule has 1 fully saturated rings. The maximum absolute atomic E-state index is 12.7. The van der Waals surface area contributed by atoms with E-state index < -0.39 is 6.04 Å². The van der Waals surface area contributed by atoms with Gasteiger partial charge in [0.05, 0.1) is 0 Å². The molecule has 2 N–H and O–H groups in total. The molecule has 0 spiro atoms. The normalized spacial score (nSPS) is 20.1. The summed E-state index contributed by atoms with van der Waals surface area (Å²) in [4.78, 5) is 27.6. The fraction of sp³-hybridized carbons (Fsp3) is 0.619. The molecule has 6 heteroatoms. The summed E-state index contributed by atoms with van der Waals surface area (Å²) in [6, 6.07) is 6.38. The molecule has 3 unspecified atom stereocenters.